The normalized spacial score (nSPS) is 20.6. The van der Waals surface area contributed by atoms with Crippen LogP contribution in [0.2, 0.25) is 0 Å². The maximum atomic E-state index is 5.74. The average molecular weight is 225 g/mol. The second-order valence-corrected chi connectivity index (χ2v) is 5.16. The molecule has 15 heavy (non-hydrogen) atoms. The highest BCUT2D eigenvalue weighted by Crippen LogP contribution is 2.29. The largest absolute Gasteiger partial charge is 0.375 e. The maximum absolute atomic E-state index is 5.74. The summed E-state index contributed by atoms with van der Waals surface area (Å²) in [5.41, 5.74) is 6.99. The minimum Gasteiger partial charge on any atom is -0.375 e. The van der Waals surface area contributed by atoms with Crippen molar-refractivity contribution in [3.8, 4) is 0 Å². The van der Waals surface area contributed by atoms with Gasteiger partial charge >= 0.3 is 0 Å². The summed E-state index contributed by atoms with van der Waals surface area (Å²) in [4.78, 5) is 8.33. The Labute approximate surface area is 95.3 Å². The molecule has 84 valence electrons. The molecule has 0 amide bonds. The van der Waals surface area contributed by atoms with E-state index in [9.17, 15) is 0 Å². The number of hydrogen-bond acceptors (Lipinski definition) is 4. The summed E-state index contributed by atoms with van der Waals surface area (Å²) in [7, 11) is 0. The summed E-state index contributed by atoms with van der Waals surface area (Å²) in [5, 5.41) is 0.736. The van der Waals surface area contributed by atoms with Crippen LogP contribution < -0.4 is 5.73 Å². The number of thiazole rings is 1. The van der Waals surface area contributed by atoms with Gasteiger partial charge in [-0.25, -0.2) is 4.98 Å². The minimum atomic E-state index is 0.701. The number of aromatic nitrogens is 1. The zero-order valence-electron chi connectivity index (χ0n) is 9.49. The molecule has 2 rings (SSSR count). The van der Waals surface area contributed by atoms with E-state index in [1.54, 1.807) is 11.3 Å². The van der Waals surface area contributed by atoms with Gasteiger partial charge < -0.3 is 10.6 Å². The van der Waals surface area contributed by atoms with Gasteiger partial charge in [0.15, 0.2) is 5.13 Å². The molecule has 1 heterocycles. The van der Waals surface area contributed by atoms with Gasteiger partial charge in [0.25, 0.3) is 0 Å². The van der Waals surface area contributed by atoms with Gasteiger partial charge in [0, 0.05) is 10.9 Å². The Kier molecular flexibility index (Phi) is 3.26. The van der Waals surface area contributed by atoms with E-state index in [1.165, 1.54) is 17.0 Å². The van der Waals surface area contributed by atoms with Gasteiger partial charge in [0.2, 0.25) is 0 Å². The first-order chi connectivity index (χ1) is 7.24. The van der Waals surface area contributed by atoms with E-state index >= 15 is 0 Å². The van der Waals surface area contributed by atoms with Crippen molar-refractivity contribution in [3.05, 3.63) is 10.6 Å². The van der Waals surface area contributed by atoms with Crippen molar-refractivity contribution in [2.45, 2.75) is 39.2 Å². The van der Waals surface area contributed by atoms with Crippen molar-refractivity contribution >= 4 is 16.5 Å². The molecule has 1 atom stereocenters. The molecule has 1 aromatic rings. The molecule has 4 heteroatoms. The zero-order chi connectivity index (χ0) is 10.8. The van der Waals surface area contributed by atoms with Crippen molar-refractivity contribution in [1.29, 1.82) is 0 Å². The lowest BCUT2D eigenvalue weighted by Gasteiger charge is -2.31. The Morgan fingerprint density at radius 2 is 2.20 bits per heavy atom. The van der Waals surface area contributed by atoms with E-state index in [4.69, 9.17) is 5.73 Å². The van der Waals surface area contributed by atoms with E-state index in [2.05, 4.69) is 23.7 Å². The number of anilines is 1. The second kappa shape index (κ2) is 4.49. The number of aryl methyl sites for hydroxylation is 1. The Balaban J connectivity index is 2.10. The van der Waals surface area contributed by atoms with E-state index in [1.807, 2.05) is 0 Å². The van der Waals surface area contributed by atoms with Crippen LogP contribution in [0.4, 0.5) is 5.13 Å². The molecule has 0 saturated carbocycles. The Hall–Kier alpha value is -0.610. The maximum Gasteiger partial charge on any atom is 0.180 e. The topological polar surface area (TPSA) is 42.2 Å². The number of hydrogen-bond donors (Lipinski definition) is 1. The summed E-state index contributed by atoms with van der Waals surface area (Å²) >= 11 is 1.67. The summed E-state index contributed by atoms with van der Waals surface area (Å²) < 4.78 is 0. The first-order valence-corrected chi connectivity index (χ1v) is 6.54. The Morgan fingerprint density at radius 1 is 1.47 bits per heavy atom. The fourth-order valence-corrected chi connectivity index (χ4v) is 3.38. The molecule has 0 saturated heterocycles. The molecule has 2 N–H and O–H groups in total. The molecule has 0 fully saturated rings. The number of nitrogen functional groups attached to an aromatic ring is 1. The van der Waals surface area contributed by atoms with E-state index in [0.717, 1.165) is 31.1 Å². The second-order valence-electron chi connectivity index (χ2n) is 4.04. The molecule has 0 bridgehead atoms. The predicted octanol–water partition coefficient (Wildman–Crippen LogP) is 1.92. The van der Waals surface area contributed by atoms with Crippen LogP contribution in [0.25, 0.3) is 0 Å². The number of rotatable bonds is 3. The fourth-order valence-electron chi connectivity index (χ4n) is 2.43. The van der Waals surface area contributed by atoms with Gasteiger partial charge in [-0.1, -0.05) is 13.8 Å². The van der Waals surface area contributed by atoms with Gasteiger partial charge in [-0.15, -0.1) is 11.3 Å². The van der Waals surface area contributed by atoms with Crippen LogP contribution >= 0.6 is 11.3 Å². The first-order valence-electron chi connectivity index (χ1n) is 5.72. The van der Waals surface area contributed by atoms with Crippen molar-refractivity contribution < 1.29 is 0 Å². The van der Waals surface area contributed by atoms with Crippen LogP contribution in [0, 0.1) is 0 Å². The van der Waals surface area contributed by atoms with E-state index in [-0.39, 0.29) is 0 Å². The van der Waals surface area contributed by atoms with Crippen LogP contribution in [0.1, 0.15) is 30.8 Å². The average Bonchev–Trinajstić information content (AvgIpc) is 2.59. The zero-order valence-corrected chi connectivity index (χ0v) is 10.3. The summed E-state index contributed by atoms with van der Waals surface area (Å²) in [5.74, 6) is 0. The highest BCUT2D eigenvalue weighted by Gasteiger charge is 2.24. The van der Waals surface area contributed by atoms with Crippen LogP contribution in [0.5, 0.6) is 0 Å². The fraction of sp³-hybridized carbons (Fsp3) is 0.727. The molecule has 0 aromatic carbocycles. The summed E-state index contributed by atoms with van der Waals surface area (Å²) in [6.07, 6.45) is 3.48. The highest BCUT2D eigenvalue weighted by atomic mass is 32.1. The van der Waals surface area contributed by atoms with Gasteiger partial charge in [0.1, 0.15) is 0 Å². The van der Waals surface area contributed by atoms with E-state index in [0.29, 0.717) is 6.04 Å². The molecule has 1 aromatic heterocycles. The molecule has 1 aliphatic rings. The van der Waals surface area contributed by atoms with Gasteiger partial charge in [-0.3, -0.25) is 0 Å². The third-order valence-electron chi connectivity index (χ3n) is 3.26. The molecule has 0 aliphatic heterocycles. The van der Waals surface area contributed by atoms with Gasteiger partial charge in [0.05, 0.1) is 5.69 Å². The van der Waals surface area contributed by atoms with Crippen LogP contribution in [0.15, 0.2) is 0 Å². The summed E-state index contributed by atoms with van der Waals surface area (Å²) in [6, 6.07) is 0.701. The molecule has 1 unspecified atom stereocenters. The Bertz CT molecular complexity index is 331. The molecule has 3 nitrogen and oxygen atoms in total. The number of nitrogens with zero attached hydrogens (tertiary/aromatic N) is 2. The third-order valence-corrected chi connectivity index (χ3v) is 4.21. The van der Waals surface area contributed by atoms with Crippen LogP contribution in [-0.4, -0.2) is 29.0 Å². The Morgan fingerprint density at radius 3 is 2.87 bits per heavy atom. The van der Waals surface area contributed by atoms with Gasteiger partial charge in [-0.05, 0) is 32.4 Å². The number of nitrogens with two attached hydrogens (primary N) is 1. The van der Waals surface area contributed by atoms with Crippen molar-refractivity contribution in [3.63, 3.8) is 0 Å². The lowest BCUT2D eigenvalue weighted by molar-refractivity contribution is 0.199. The lowest BCUT2D eigenvalue weighted by atomic mass is 9.96. The molecule has 0 radical (unpaired) electrons. The quantitative estimate of drug-likeness (QED) is 0.854. The molecule has 0 spiro atoms. The first kappa shape index (κ1) is 10.9. The smallest absolute Gasteiger partial charge is 0.180 e. The molecule has 1 aliphatic carbocycles. The van der Waals surface area contributed by atoms with Crippen molar-refractivity contribution in [2.24, 2.45) is 0 Å². The van der Waals surface area contributed by atoms with E-state index < -0.39 is 0 Å². The highest BCUT2D eigenvalue weighted by molar-refractivity contribution is 7.15. The monoisotopic (exact) mass is 225 g/mol. The SMILES string of the molecule is CCN(CC)C1CCc2nc(N)sc2C1. The molecular weight excluding hydrogens is 206 g/mol. The van der Waals surface area contributed by atoms with Crippen LogP contribution in [0.3, 0.4) is 0 Å². The minimum absolute atomic E-state index is 0.701. The number of likely N-dealkylation sites (N-methyl/N-ethyl adjacent to an activating group) is 1. The predicted molar refractivity (Wildman–Crippen MR) is 65.3 cm³/mol. The molecular formula is C11H19N3S. The van der Waals surface area contributed by atoms with Crippen LogP contribution in [-0.2, 0) is 12.8 Å². The van der Waals surface area contributed by atoms with Crippen molar-refractivity contribution in [2.75, 3.05) is 18.8 Å². The van der Waals surface area contributed by atoms with Crippen molar-refractivity contribution in [1.82, 2.24) is 9.88 Å². The standard InChI is InChI=1S/C11H19N3S/c1-3-14(4-2)8-5-6-9-10(7-8)15-11(12)13-9/h8H,3-7H2,1-2H3,(H2,12,13). The number of fused-ring (bicyclic) bond motifs is 1. The lowest BCUT2D eigenvalue weighted by Crippen LogP contribution is -2.38. The summed E-state index contributed by atoms with van der Waals surface area (Å²) in [6.45, 7) is 6.76. The van der Waals surface area contributed by atoms with Gasteiger partial charge in [-0.2, -0.15) is 0 Å². The third kappa shape index (κ3) is 2.16.